The molecule has 186 valence electrons. The molecule has 10 heteroatoms. The number of benzene rings is 2. The third kappa shape index (κ3) is 5.05. The van der Waals surface area contributed by atoms with Crippen molar-refractivity contribution in [2.24, 2.45) is 4.99 Å². The number of carbonyl (C=O) groups excluding carboxylic acids is 2. The van der Waals surface area contributed by atoms with Gasteiger partial charge in [0.25, 0.3) is 5.91 Å². The average molecular weight is 524 g/mol. The lowest BCUT2D eigenvalue weighted by atomic mass is 10.0. The second-order valence-electron chi connectivity index (χ2n) is 8.23. The van der Waals surface area contributed by atoms with Crippen molar-refractivity contribution in [2.45, 2.75) is 29.7 Å². The van der Waals surface area contributed by atoms with Crippen molar-refractivity contribution < 1.29 is 23.7 Å². The van der Waals surface area contributed by atoms with Crippen LogP contribution in [0.5, 0.6) is 0 Å². The number of thioether (sulfide) groups is 1. The summed E-state index contributed by atoms with van der Waals surface area (Å²) in [5, 5.41) is 11.7. The van der Waals surface area contributed by atoms with Crippen LogP contribution in [0.15, 0.2) is 75.8 Å². The zero-order chi connectivity index (χ0) is 25.8. The number of β-lactam (4-membered cyclic amide) rings is 1. The summed E-state index contributed by atoms with van der Waals surface area (Å²) in [7, 11) is -1.57. The van der Waals surface area contributed by atoms with Gasteiger partial charge in [0.05, 0.1) is 28.7 Å². The quantitative estimate of drug-likeness (QED) is 0.296. The highest BCUT2D eigenvalue weighted by molar-refractivity contribution is 7.99. The van der Waals surface area contributed by atoms with Crippen LogP contribution in [0.1, 0.15) is 18.1 Å². The van der Waals surface area contributed by atoms with Crippen molar-refractivity contribution in [3.05, 3.63) is 77.0 Å². The normalized spacial score (nSPS) is 21.2. The first-order chi connectivity index (χ1) is 17.3. The molecule has 0 saturated carbocycles. The van der Waals surface area contributed by atoms with E-state index in [4.69, 9.17) is 0 Å². The summed E-state index contributed by atoms with van der Waals surface area (Å²) < 4.78 is 13.1. The number of allylic oxidation sites excluding steroid dienone is 1. The molecule has 36 heavy (non-hydrogen) atoms. The van der Waals surface area contributed by atoms with Crippen LogP contribution < -0.4 is 5.32 Å². The minimum absolute atomic E-state index is 0.000456. The van der Waals surface area contributed by atoms with Gasteiger partial charge in [-0.15, -0.1) is 11.8 Å². The highest BCUT2D eigenvalue weighted by atomic mass is 32.2. The molecular formula is C26H25N3O5S2. The van der Waals surface area contributed by atoms with Crippen molar-refractivity contribution in [1.82, 2.24) is 10.2 Å². The number of hydrogen-bond donors (Lipinski definition) is 2. The molecule has 0 spiro atoms. The molecule has 1 fully saturated rings. The number of carbonyl (C=O) groups is 3. The van der Waals surface area contributed by atoms with Gasteiger partial charge in [-0.3, -0.25) is 23.7 Å². The van der Waals surface area contributed by atoms with Crippen LogP contribution in [-0.4, -0.2) is 61.6 Å². The van der Waals surface area contributed by atoms with E-state index >= 15 is 0 Å². The molecule has 2 heterocycles. The number of carboxylic acids is 1. The Morgan fingerprint density at radius 1 is 1.25 bits per heavy atom. The zero-order valence-corrected chi connectivity index (χ0v) is 21.2. The molecule has 4 rings (SSSR count). The van der Waals surface area contributed by atoms with Gasteiger partial charge in [0, 0.05) is 16.2 Å². The Morgan fingerprint density at radius 3 is 2.67 bits per heavy atom. The smallest absolute Gasteiger partial charge is 0.352 e. The fourth-order valence-electron chi connectivity index (χ4n) is 4.27. The maximum Gasteiger partial charge on any atom is 0.352 e. The summed E-state index contributed by atoms with van der Waals surface area (Å²) >= 11 is 1.35. The summed E-state index contributed by atoms with van der Waals surface area (Å²) in [6.45, 7) is 5.54. The van der Waals surface area contributed by atoms with Gasteiger partial charge in [-0.25, -0.2) is 4.79 Å². The third-order valence-electron chi connectivity index (χ3n) is 5.87. The maximum atomic E-state index is 13.1. The molecule has 2 aliphatic heterocycles. The lowest BCUT2D eigenvalue weighted by molar-refractivity contribution is -0.150. The number of hydrogen-bond acceptors (Lipinski definition) is 6. The Hall–Kier alpha value is -3.50. The molecular weight excluding hydrogens is 498 g/mol. The SMILES string of the molecule is C=Nc1c(/C=C\C)cccc1SCC1=C(C(=O)O)N2C(=O)[C@@H](NC(=O)Cc3ccccc3)[C@H]2S(=O)C1. The second-order valence-corrected chi connectivity index (χ2v) is 10.8. The third-order valence-corrected chi connectivity index (χ3v) is 8.66. The van der Waals surface area contributed by atoms with Gasteiger partial charge in [0.1, 0.15) is 17.1 Å². The molecule has 0 aliphatic carbocycles. The van der Waals surface area contributed by atoms with Crippen LogP contribution in [-0.2, 0) is 31.6 Å². The summed E-state index contributed by atoms with van der Waals surface area (Å²) in [5.74, 6) is -2.00. The number of nitrogens with one attached hydrogen (secondary N) is 1. The number of aliphatic imine (C=N–C) groups is 1. The van der Waals surface area contributed by atoms with Crippen LogP contribution in [0.2, 0.25) is 0 Å². The van der Waals surface area contributed by atoms with E-state index in [1.54, 1.807) is 12.1 Å². The predicted molar refractivity (Wildman–Crippen MR) is 141 cm³/mol. The van der Waals surface area contributed by atoms with Gasteiger partial charge in [-0.1, -0.05) is 54.6 Å². The van der Waals surface area contributed by atoms with Crippen molar-refractivity contribution in [2.75, 3.05) is 11.5 Å². The van der Waals surface area contributed by atoms with Crippen LogP contribution >= 0.6 is 11.8 Å². The van der Waals surface area contributed by atoms with Crippen molar-refractivity contribution in [1.29, 1.82) is 0 Å². The summed E-state index contributed by atoms with van der Waals surface area (Å²) in [6.07, 6.45) is 3.86. The molecule has 2 aromatic rings. The molecule has 3 atom stereocenters. The van der Waals surface area contributed by atoms with Gasteiger partial charge in [-0.2, -0.15) is 0 Å². The van der Waals surface area contributed by atoms with E-state index in [0.717, 1.165) is 20.9 Å². The van der Waals surface area contributed by atoms with Crippen molar-refractivity contribution in [3.8, 4) is 0 Å². The van der Waals surface area contributed by atoms with Gasteiger partial charge in [-0.05, 0) is 30.8 Å². The largest absolute Gasteiger partial charge is 0.477 e. The predicted octanol–water partition coefficient (Wildman–Crippen LogP) is 3.14. The average Bonchev–Trinajstić information content (AvgIpc) is 2.86. The Morgan fingerprint density at radius 2 is 2.00 bits per heavy atom. The molecule has 0 radical (unpaired) electrons. The zero-order valence-electron chi connectivity index (χ0n) is 19.5. The van der Waals surface area contributed by atoms with Crippen molar-refractivity contribution >= 4 is 58.8 Å². The Labute approximate surface area is 215 Å². The number of fused-ring (bicyclic) bond motifs is 1. The molecule has 2 N–H and O–H groups in total. The molecule has 1 saturated heterocycles. The van der Waals surface area contributed by atoms with Gasteiger partial charge < -0.3 is 10.4 Å². The fourth-order valence-corrected chi connectivity index (χ4v) is 7.15. The first kappa shape index (κ1) is 25.6. The van der Waals surface area contributed by atoms with Crippen LogP contribution in [0.25, 0.3) is 6.08 Å². The lowest BCUT2D eigenvalue weighted by Gasteiger charge is -2.49. The number of nitrogens with zero attached hydrogens (tertiary/aromatic N) is 2. The molecule has 1 unspecified atom stereocenters. The lowest BCUT2D eigenvalue weighted by Crippen LogP contribution is -2.73. The van der Waals surface area contributed by atoms with Crippen molar-refractivity contribution in [3.63, 3.8) is 0 Å². The molecule has 8 nitrogen and oxygen atoms in total. The maximum absolute atomic E-state index is 13.1. The summed E-state index contributed by atoms with van der Waals surface area (Å²) in [6, 6.07) is 13.7. The minimum Gasteiger partial charge on any atom is -0.477 e. The molecule has 2 aromatic carbocycles. The number of rotatable bonds is 9. The van der Waals surface area contributed by atoms with E-state index < -0.39 is 34.1 Å². The van der Waals surface area contributed by atoms with E-state index in [1.807, 2.05) is 55.5 Å². The monoisotopic (exact) mass is 523 g/mol. The number of para-hydroxylation sites is 1. The summed E-state index contributed by atoms with van der Waals surface area (Å²) in [4.78, 5) is 43.6. The number of amides is 2. The standard InChI is InChI=1S/C26H25N3O5S2/c1-3-8-17-11-7-12-19(21(17)27-2)35-14-18-15-36(34)25-22(24(31)29(25)23(18)26(32)33)28-20(30)13-16-9-5-4-6-10-16/h3-12,22,25H,2,13-15H2,1H3,(H,28,30)(H,32,33)/b8-3-/t22-,25-,36?/m1/s1. The van der Waals surface area contributed by atoms with E-state index in [0.29, 0.717) is 11.3 Å². The number of carboxylic acid groups (broad SMARTS) is 1. The van der Waals surface area contributed by atoms with E-state index in [9.17, 15) is 23.7 Å². The molecule has 0 bridgehead atoms. The molecule has 0 aromatic heterocycles. The minimum atomic E-state index is -1.57. The fraction of sp³-hybridized carbons (Fsp3) is 0.231. The van der Waals surface area contributed by atoms with E-state index in [-0.39, 0.29) is 29.5 Å². The molecule has 2 aliphatic rings. The first-order valence-electron chi connectivity index (χ1n) is 11.2. The highest BCUT2D eigenvalue weighted by Crippen LogP contribution is 2.39. The first-order valence-corrected chi connectivity index (χ1v) is 13.6. The van der Waals surface area contributed by atoms with Gasteiger partial charge in [0.15, 0.2) is 0 Å². The molecule has 2 amide bonds. The van der Waals surface area contributed by atoms with Crippen LogP contribution in [0.3, 0.4) is 0 Å². The van der Waals surface area contributed by atoms with E-state index in [1.165, 1.54) is 11.8 Å². The Balaban J connectivity index is 1.52. The Bertz CT molecular complexity index is 1310. The van der Waals surface area contributed by atoms with Gasteiger partial charge in [0.2, 0.25) is 5.91 Å². The highest BCUT2D eigenvalue weighted by Gasteiger charge is 2.57. The van der Waals surface area contributed by atoms with Gasteiger partial charge >= 0.3 is 5.97 Å². The second kappa shape index (κ2) is 11.0. The summed E-state index contributed by atoms with van der Waals surface area (Å²) in [5.41, 5.74) is 2.57. The van der Waals surface area contributed by atoms with E-state index in [2.05, 4.69) is 17.0 Å². The Kier molecular flexibility index (Phi) is 7.85. The van der Waals surface area contributed by atoms with Crippen LogP contribution in [0.4, 0.5) is 5.69 Å². The topological polar surface area (TPSA) is 116 Å². The number of aliphatic carboxylic acids is 1. The van der Waals surface area contributed by atoms with Crippen LogP contribution in [0, 0.1) is 0 Å².